The Morgan fingerprint density at radius 2 is 2.30 bits per heavy atom. The highest BCUT2D eigenvalue weighted by molar-refractivity contribution is 5.72. The van der Waals surface area contributed by atoms with E-state index < -0.39 is 0 Å². The Labute approximate surface area is 112 Å². The summed E-state index contributed by atoms with van der Waals surface area (Å²) in [5, 5.41) is 21.2. The second-order valence-corrected chi connectivity index (χ2v) is 4.18. The number of pyridine rings is 1. The molecule has 0 aliphatic rings. The minimum Gasteiger partial charge on any atom is -0.267 e. The van der Waals surface area contributed by atoms with Crippen LogP contribution in [-0.4, -0.2) is 29.8 Å². The second kappa shape index (κ2) is 4.55. The first-order valence-corrected chi connectivity index (χ1v) is 5.80. The molecule has 20 heavy (non-hydrogen) atoms. The number of aromatic nitrogens is 6. The van der Waals surface area contributed by atoms with Crippen molar-refractivity contribution in [3.05, 3.63) is 46.1 Å². The van der Waals surface area contributed by atoms with Gasteiger partial charge in [0, 0.05) is 18.8 Å². The van der Waals surface area contributed by atoms with Gasteiger partial charge in [-0.05, 0) is 6.07 Å². The van der Waals surface area contributed by atoms with Gasteiger partial charge in [-0.1, -0.05) is 11.3 Å². The number of hydrogen-bond donors (Lipinski definition) is 0. The van der Waals surface area contributed by atoms with Crippen molar-refractivity contribution in [2.45, 2.75) is 6.54 Å². The number of rotatable bonds is 2. The Morgan fingerprint density at radius 3 is 3.10 bits per heavy atom. The van der Waals surface area contributed by atoms with E-state index in [4.69, 9.17) is 5.26 Å². The third-order valence-corrected chi connectivity index (χ3v) is 2.94. The Bertz CT molecular complexity index is 887. The SMILES string of the molecule is Cn1ncc2c(=O)n(Cc3cccnc3C#N)nnc21. The molecule has 8 heteroatoms. The first kappa shape index (κ1) is 12.0. The van der Waals surface area contributed by atoms with E-state index in [0.717, 1.165) is 0 Å². The molecule has 3 aromatic rings. The molecule has 0 spiro atoms. The summed E-state index contributed by atoms with van der Waals surface area (Å²) in [6.07, 6.45) is 2.98. The molecular weight excluding hydrogens is 258 g/mol. The van der Waals surface area contributed by atoms with Crippen molar-refractivity contribution in [2.75, 3.05) is 0 Å². The highest BCUT2D eigenvalue weighted by Gasteiger charge is 2.11. The van der Waals surface area contributed by atoms with Gasteiger partial charge >= 0.3 is 0 Å². The smallest absolute Gasteiger partial charge is 0.267 e. The van der Waals surface area contributed by atoms with Gasteiger partial charge in [0.05, 0.1) is 12.7 Å². The summed E-state index contributed by atoms with van der Waals surface area (Å²) in [7, 11) is 1.69. The van der Waals surface area contributed by atoms with Gasteiger partial charge in [-0.2, -0.15) is 10.4 Å². The molecule has 0 saturated heterocycles. The second-order valence-electron chi connectivity index (χ2n) is 4.18. The molecule has 0 aliphatic carbocycles. The molecule has 0 atom stereocenters. The van der Waals surface area contributed by atoms with Crippen molar-refractivity contribution in [3.63, 3.8) is 0 Å². The standard InChI is InChI=1S/C12H9N7O/c1-18-11-9(6-15-18)12(20)19(17-16-11)7-8-3-2-4-14-10(8)5-13/h2-4,6H,7H2,1H3. The van der Waals surface area contributed by atoms with E-state index in [1.165, 1.54) is 21.8 Å². The van der Waals surface area contributed by atoms with E-state index in [9.17, 15) is 4.79 Å². The lowest BCUT2D eigenvalue weighted by Crippen LogP contribution is -2.25. The predicted octanol–water partition coefficient (Wildman–Crippen LogP) is -0.160. The van der Waals surface area contributed by atoms with E-state index in [1.54, 1.807) is 19.2 Å². The lowest BCUT2D eigenvalue weighted by molar-refractivity contribution is 0.593. The highest BCUT2D eigenvalue weighted by Crippen LogP contribution is 2.06. The molecule has 0 radical (unpaired) electrons. The van der Waals surface area contributed by atoms with Gasteiger partial charge in [0.2, 0.25) is 0 Å². The van der Waals surface area contributed by atoms with E-state index in [1.807, 2.05) is 6.07 Å². The highest BCUT2D eigenvalue weighted by atomic mass is 16.1. The molecule has 3 aromatic heterocycles. The average molecular weight is 267 g/mol. The van der Waals surface area contributed by atoms with Crippen LogP contribution in [0.5, 0.6) is 0 Å². The number of fused-ring (bicyclic) bond motifs is 1. The molecular formula is C12H9N7O. The maximum atomic E-state index is 12.2. The van der Waals surface area contributed by atoms with E-state index in [-0.39, 0.29) is 17.8 Å². The van der Waals surface area contributed by atoms with Crippen molar-refractivity contribution in [2.24, 2.45) is 7.05 Å². The zero-order valence-corrected chi connectivity index (χ0v) is 10.6. The van der Waals surface area contributed by atoms with Crippen LogP contribution in [0.1, 0.15) is 11.3 Å². The monoisotopic (exact) mass is 267 g/mol. The minimum absolute atomic E-state index is 0.146. The molecule has 0 unspecified atom stereocenters. The fraction of sp³-hybridized carbons (Fsp3) is 0.167. The summed E-state index contributed by atoms with van der Waals surface area (Å²) < 4.78 is 2.68. The molecule has 3 rings (SSSR count). The molecule has 0 N–H and O–H groups in total. The largest absolute Gasteiger partial charge is 0.281 e. The molecule has 0 saturated carbocycles. The Kier molecular flexibility index (Phi) is 2.72. The van der Waals surface area contributed by atoms with Gasteiger partial charge in [-0.3, -0.25) is 4.79 Å². The normalized spacial score (nSPS) is 10.6. The number of nitrogens with zero attached hydrogens (tertiary/aromatic N) is 7. The fourth-order valence-electron chi connectivity index (χ4n) is 1.91. The van der Waals surface area contributed by atoms with Crippen LogP contribution in [0.4, 0.5) is 0 Å². The Morgan fingerprint density at radius 1 is 1.45 bits per heavy atom. The summed E-state index contributed by atoms with van der Waals surface area (Å²) in [6.45, 7) is 0.146. The summed E-state index contributed by atoms with van der Waals surface area (Å²) in [5.74, 6) is 0. The number of aryl methyl sites for hydroxylation is 1. The molecule has 3 heterocycles. The third kappa shape index (κ3) is 1.81. The maximum Gasteiger partial charge on any atom is 0.281 e. The van der Waals surface area contributed by atoms with Crippen LogP contribution in [0.2, 0.25) is 0 Å². The topological polar surface area (TPSA) is 102 Å². The molecule has 98 valence electrons. The van der Waals surface area contributed by atoms with E-state index in [0.29, 0.717) is 16.6 Å². The zero-order valence-electron chi connectivity index (χ0n) is 10.6. The number of nitriles is 1. The van der Waals surface area contributed by atoms with Gasteiger partial charge in [-0.25, -0.2) is 14.3 Å². The molecule has 0 bridgehead atoms. The van der Waals surface area contributed by atoms with Crippen LogP contribution in [0, 0.1) is 11.3 Å². The van der Waals surface area contributed by atoms with Gasteiger partial charge in [0.1, 0.15) is 17.1 Å². The van der Waals surface area contributed by atoms with Crippen molar-refractivity contribution in [1.82, 2.24) is 29.8 Å². The predicted molar refractivity (Wildman–Crippen MR) is 68.6 cm³/mol. The minimum atomic E-state index is -0.296. The zero-order chi connectivity index (χ0) is 14.1. The Hall–Kier alpha value is -3.08. The van der Waals surface area contributed by atoms with Gasteiger partial charge in [0.25, 0.3) is 5.56 Å². The van der Waals surface area contributed by atoms with Crippen LogP contribution in [0.25, 0.3) is 11.0 Å². The van der Waals surface area contributed by atoms with E-state index in [2.05, 4.69) is 20.4 Å². The van der Waals surface area contributed by atoms with Gasteiger partial charge < -0.3 is 0 Å². The molecule has 0 fully saturated rings. The van der Waals surface area contributed by atoms with Crippen LogP contribution in [-0.2, 0) is 13.6 Å². The quantitative estimate of drug-likeness (QED) is 0.639. The molecule has 0 amide bonds. The van der Waals surface area contributed by atoms with Gasteiger partial charge in [0.15, 0.2) is 5.65 Å². The summed E-state index contributed by atoms with van der Waals surface area (Å²) in [4.78, 5) is 16.2. The number of hydrogen-bond acceptors (Lipinski definition) is 6. The van der Waals surface area contributed by atoms with Crippen molar-refractivity contribution in [3.8, 4) is 6.07 Å². The van der Waals surface area contributed by atoms with Gasteiger partial charge in [-0.15, -0.1) is 5.10 Å². The molecule has 0 aliphatic heterocycles. The van der Waals surface area contributed by atoms with Crippen LogP contribution in [0.3, 0.4) is 0 Å². The summed E-state index contributed by atoms with van der Waals surface area (Å²) >= 11 is 0. The lowest BCUT2D eigenvalue weighted by atomic mass is 10.2. The van der Waals surface area contributed by atoms with Crippen LogP contribution >= 0.6 is 0 Å². The molecule has 8 nitrogen and oxygen atoms in total. The third-order valence-electron chi connectivity index (χ3n) is 2.94. The Balaban J connectivity index is 2.10. The fourth-order valence-corrected chi connectivity index (χ4v) is 1.91. The molecule has 0 aromatic carbocycles. The van der Waals surface area contributed by atoms with Crippen LogP contribution in [0.15, 0.2) is 29.3 Å². The first-order chi connectivity index (χ1) is 9.70. The average Bonchev–Trinajstić information content (AvgIpc) is 2.85. The summed E-state index contributed by atoms with van der Waals surface area (Å²) in [5.41, 5.74) is 1.02. The summed E-state index contributed by atoms with van der Waals surface area (Å²) in [6, 6.07) is 5.42. The maximum absolute atomic E-state index is 12.2. The lowest BCUT2D eigenvalue weighted by Gasteiger charge is -2.04. The van der Waals surface area contributed by atoms with Crippen molar-refractivity contribution < 1.29 is 0 Å². The van der Waals surface area contributed by atoms with Crippen molar-refractivity contribution >= 4 is 11.0 Å². The van der Waals surface area contributed by atoms with Crippen molar-refractivity contribution in [1.29, 1.82) is 5.26 Å². The van der Waals surface area contributed by atoms with Crippen LogP contribution < -0.4 is 5.56 Å². The first-order valence-electron chi connectivity index (χ1n) is 5.80. The van der Waals surface area contributed by atoms with E-state index >= 15 is 0 Å².